The number of aromatic nitrogens is 1. The molecule has 0 aliphatic heterocycles. The molecular formula is C23H32N4O4. The molecule has 0 radical (unpaired) electrons. The molecule has 1 heterocycles. The second-order valence-corrected chi connectivity index (χ2v) is 7.77. The molecule has 8 nitrogen and oxygen atoms in total. The first kappa shape index (κ1) is 24.1. The van der Waals surface area contributed by atoms with E-state index in [0.717, 1.165) is 18.5 Å². The van der Waals surface area contributed by atoms with Crippen LogP contribution in [-0.4, -0.2) is 50.2 Å². The van der Waals surface area contributed by atoms with Crippen LogP contribution in [0.1, 0.15) is 56.1 Å². The Bertz CT molecular complexity index is 891. The van der Waals surface area contributed by atoms with Gasteiger partial charge in [-0.25, -0.2) is 0 Å². The van der Waals surface area contributed by atoms with Crippen molar-refractivity contribution in [2.45, 2.75) is 52.6 Å². The maximum atomic E-state index is 13.2. The number of hydrogen-bond acceptors (Lipinski definition) is 4. The Morgan fingerprint density at radius 2 is 1.84 bits per heavy atom. The number of carbonyl (C=O) groups is 2. The van der Waals surface area contributed by atoms with Crippen LogP contribution in [0.3, 0.4) is 0 Å². The monoisotopic (exact) mass is 428 g/mol. The highest BCUT2D eigenvalue weighted by Crippen LogP contribution is 2.17. The molecule has 0 aliphatic carbocycles. The number of aryl methyl sites for hydroxylation is 1. The van der Waals surface area contributed by atoms with Crippen molar-refractivity contribution in [2.75, 3.05) is 13.1 Å². The summed E-state index contributed by atoms with van der Waals surface area (Å²) in [6.45, 7) is 7.03. The fourth-order valence-corrected chi connectivity index (χ4v) is 3.28. The Morgan fingerprint density at radius 3 is 2.35 bits per heavy atom. The number of non-ortho nitro benzene ring substituents is 1. The van der Waals surface area contributed by atoms with E-state index in [4.69, 9.17) is 0 Å². The molecule has 1 atom stereocenters. The molecule has 0 saturated carbocycles. The summed E-state index contributed by atoms with van der Waals surface area (Å²) in [4.78, 5) is 40.1. The molecule has 0 N–H and O–H groups in total. The van der Waals surface area contributed by atoms with Gasteiger partial charge in [0.05, 0.1) is 11.5 Å². The number of rotatable bonds is 11. The average molecular weight is 429 g/mol. The van der Waals surface area contributed by atoms with Gasteiger partial charge >= 0.3 is 0 Å². The lowest BCUT2D eigenvalue weighted by atomic mass is 10.1. The normalized spacial score (nSPS) is 11.7. The summed E-state index contributed by atoms with van der Waals surface area (Å²) in [5.74, 6) is -0.405. The largest absolute Gasteiger partial charge is 0.353 e. The minimum absolute atomic E-state index is 0.0288. The summed E-state index contributed by atoms with van der Waals surface area (Å²) in [5, 5.41) is 10.9. The molecule has 2 aromatic rings. The zero-order valence-corrected chi connectivity index (χ0v) is 18.8. The van der Waals surface area contributed by atoms with Crippen LogP contribution in [0.5, 0.6) is 0 Å². The van der Waals surface area contributed by atoms with E-state index in [1.165, 1.54) is 24.3 Å². The Kier molecular flexibility index (Phi) is 8.78. The van der Waals surface area contributed by atoms with Crippen molar-refractivity contribution in [3.63, 3.8) is 0 Å². The molecule has 1 unspecified atom stereocenters. The minimum atomic E-state index is -0.501. The molecule has 8 heteroatoms. The molecule has 2 amide bonds. The Labute approximate surface area is 183 Å². The van der Waals surface area contributed by atoms with Gasteiger partial charge in [0.2, 0.25) is 5.91 Å². The number of amides is 2. The predicted molar refractivity (Wildman–Crippen MR) is 120 cm³/mol. The summed E-state index contributed by atoms with van der Waals surface area (Å²) in [6, 6.07) is 9.30. The van der Waals surface area contributed by atoms with Gasteiger partial charge in [-0.3, -0.25) is 19.7 Å². The first-order valence-electron chi connectivity index (χ1n) is 10.7. The summed E-state index contributed by atoms with van der Waals surface area (Å²) in [5.41, 5.74) is 1.29. The standard InChI is InChI=1S/C23H32N4O4/c1-5-7-15-25(16-21-9-8-14-24(21)4)22(28)17-26(18(3)6-2)23(29)19-10-12-20(13-11-19)27(30)31/h8-14,18H,5-7,15-17H2,1-4H3. The highest BCUT2D eigenvalue weighted by atomic mass is 16.6. The number of nitro benzene ring substituents is 1. The molecule has 2 rings (SSSR count). The average Bonchev–Trinajstić information content (AvgIpc) is 3.18. The van der Waals surface area contributed by atoms with Crippen LogP contribution in [0.15, 0.2) is 42.6 Å². The molecule has 168 valence electrons. The quantitative estimate of drug-likeness (QED) is 0.400. The Hall–Kier alpha value is -3.16. The summed E-state index contributed by atoms with van der Waals surface area (Å²) in [6.07, 6.45) is 4.49. The Morgan fingerprint density at radius 1 is 1.16 bits per heavy atom. The lowest BCUT2D eigenvalue weighted by Crippen LogP contribution is -2.46. The van der Waals surface area contributed by atoms with Crippen LogP contribution in [0, 0.1) is 10.1 Å². The highest BCUT2D eigenvalue weighted by Gasteiger charge is 2.26. The van der Waals surface area contributed by atoms with Crippen LogP contribution < -0.4 is 0 Å². The van der Waals surface area contributed by atoms with Gasteiger partial charge < -0.3 is 14.4 Å². The van der Waals surface area contributed by atoms with E-state index >= 15 is 0 Å². The molecule has 31 heavy (non-hydrogen) atoms. The topological polar surface area (TPSA) is 88.7 Å². The van der Waals surface area contributed by atoms with Gasteiger partial charge in [0.25, 0.3) is 11.6 Å². The molecule has 0 saturated heterocycles. The minimum Gasteiger partial charge on any atom is -0.353 e. The molecule has 1 aromatic carbocycles. The molecular weight excluding hydrogens is 396 g/mol. The number of benzene rings is 1. The van der Waals surface area contributed by atoms with Crippen molar-refractivity contribution in [3.8, 4) is 0 Å². The maximum Gasteiger partial charge on any atom is 0.269 e. The smallest absolute Gasteiger partial charge is 0.269 e. The first-order valence-corrected chi connectivity index (χ1v) is 10.7. The van der Waals surface area contributed by atoms with E-state index in [9.17, 15) is 19.7 Å². The number of nitro groups is 1. The fraction of sp³-hybridized carbons (Fsp3) is 0.478. The van der Waals surface area contributed by atoms with Gasteiger partial charge in [-0.2, -0.15) is 0 Å². The molecule has 1 aromatic heterocycles. The highest BCUT2D eigenvalue weighted by molar-refractivity contribution is 5.97. The number of unbranched alkanes of at least 4 members (excludes halogenated alkanes) is 1. The van der Waals surface area contributed by atoms with E-state index in [1.807, 2.05) is 43.8 Å². The van der Waals surface area contributed by atoms with Gasteiger partial charge in [0.1, 0.15) is 6.54 Å². The molecule has 0 bridgehead atoms. The zero-order chi connectivity index (χ0) is 23.0. The van der Waals surface area contributed by atoms with Gasteiger partial charge in [0.15, 0.2) is 0 Å². The van der Waals surface area contributed by atoms with E-state index in [-0.39, 0.29) is 30.1 Å². The predicted octanol–water partition coefficient (Wildman–Crippen LogP) is 4.00. The van der Waals surface area contributed by atoms with Crippen molar-refractivity contribution < 1.29 is 14.5 Å². The van der Waals surface area contributed by atoms with Gasteiger partial charge in [-0.05, 0) is 44.0 Å². The third kappa shape index (κ3) is 6.41. The number of nitrogens with zero attached hydrogens (tertiary/aromatic N) is 4. The zero-order valence-electron chi connectivity index (χ0n) is 18.8. The van der Waals surface area contributed by atoms with Gasteiger partial charge in [-0.1, -0.05) is 20.3 Å². The molecule has 0 fully saturated rings. The summed E-state index contributed by atoms with van der Waals surface area (Å²) >= 11 is 0. The second kappa shape index (κ2) is 11.3. The lowest BCUT2D eigenvalue weighted by molar-refractivity contribution is -0.384. The van der Waals surface area contributed by atoms with Crippen molar-refractivity contribution in [2.24, 2.45) is 7.05 Å². The number of carbonyl (C=O) groups excluding carboxylic acids is 2. The lowest BCUT2D eigenvalue weighted by Gasteiger charge is -2.31. The van der Waals surface area contributed by atoms with Gasteiger partial charge in [0, 0.05) is 49.2 Å². The Balaban J connectivity index is 2.21. The fourth-order valence-electron chi connectivity index (χ4n) is 3.28. The second-order valence-electron chi connectivity index (χ2n) is 7.77. The van der Waals surface area contributed by atoms with Crippen molar-refractivity contribution in [1.82, 2.24) is 14.4 Å². The van der Waals surface area contributed by atoms with E-state index in [2.05, 4.69) is 6.92 Å². The van der Waals surface area contributed by atoms with Gasteiger partial charge in [-0.15, -0.1) is 0 Å². The van der Waals surface area contributed by atoms with Crippen molar-refractivity contribution in [1.29, 1.82) is 0 Å². The molecule has 0 spiro atoms. The van der Waals surface area contributed by atoms with Crippen LogP contribution in [0.25, 0.3) is 0 Å². The van der Waals surface area contributed by atoms with E-state index < -0.39 is 4.92 Å². The van der Waals surface area contributed by atoms with E-state index in [0.29, 0.717) is 25.1 Å². The summed E-state index contributed by atoms with van der Waals surface area (Å²) < 4.78 is 1.99. The van der Waals surface area contributed by atoms with Crippen LogP contribution in [-0.2, 0) is 18.4 Å². The SMILES string of the molecule is CCCCN(Cc1cccn1C)C(=O)CN(C(=O)c1ccc([N+](=O)[O-])cc1)C(C)CC. The van der Waals surface area contributed by atoms with Crippen molar-refractivity contribution in [3.05, 3.63) is 64.0 Å². The van der Waals surface area contributed by atoms with Crippen LogP contribution >= 0.6 is 0 Å². The summed E-state index contributed by atoms with van der Waals surface area (Å²) in [7, 11) is 1.95. The van der Waals surface area contributed by atoms with Crippen LogP contribution in [0.2, 0.25) is 0 Å². The number of hydrogen-bond donors (Lipinski definition) is 0. The third-order valence-corrected chi connectivity index (χ3v) is 5.55. The third-order valence-electron chi connectivity index (χ3n) is 5.55. The molecule has 0 aliphatic rings. The maximum absolute atomic E-state index is 13.2. The van der Waals surface area contributed by atoms with E-state index in [1.54, 1.807) is 9.80 Å². The van der Waals surface area contributed by atoms with Crippen LogP contribution in [0.4, 0.5) is 5.69 Å². The first-order chi connectivity index (χ1) is 14.8. The van der Waals surface area contributed by atoms with Crippen molar-refractivity contribution >= 4 is 17.5 Å².